The van der Waals surface area contributed by atoms with Gasteiger partial charge in [0.1, 0.15) is 30.3 Å². The molecule has 0 bridgehead atoms. The van der Waals surface area contributed by atoms with Crippen LogP contribution in [0.15, 0.2) is 73.4 Å². The molecule has 1 atom stereocenters. The highest BCUT2D eigenvalue weighted by Gasteiger charge is 2.37. The molecule has 9 nitrogen and oxygen atoms in total. The summed E-state index contributed by atoms with van der Waals surface area (Å²) in [5, 5.41) is 7.62. The summed E-state index contributed by atoms with van der Waals surface area (Å²) in [7, 11) is -3.08. The van der Waals surface area contributed by atoms with Crippen LogP contribution in [0.5, 0.6) is 5.75 Å². The summed E-state index contributed by atoms with van der Waals surface area (Å²) in [5.41, 5.74) is 1.88. The van der Waals surface area contributed by atoms with Crippen LogP contribution >= 0.6 is 11.6 Å². The van der Waals surface area contributed by atoms with Gasteiger partial charge in [0.25, 0.3) is 0 Å². The molecule has 1 aliphatic heterocycles. The van der Waals surface area contributed by atoms with Gasteiger partial charge in [-0.2, -0.15) is 0 Å². The van der Waals surface area contributed by atoms with E-state index in [0.29, 0.717) is 58.6 Å². The van der Waals surface area contributed by atoms with Crippen LogP contribution in [-0.2, 0) is 26.8 Å². The van der Waals surface area contributed by atoms with Crippen LogP contribution < -0.4 is 15.4 Å². The largest absolute Gasteiger partial charge is 0.487 e. The summed E-state index contributed by atoms with van der Waals surface area (Å²) in [6.07, 6.45) is 7.23. The average molecular weight is 598 g/mol. The molecule has 41 heavy (non-hydrogen) atoms. The number of fused-ring (bicyclic) bond motifs is 1. The van der Waals surface area contributed by atoms with Gasteiger partial charge in [0.15, 0.2) is 15.4 Å². The van der Waals surface area contributed by atoms with Crippen molar-refractivity contribution in [2.75, 3.05) is 29.9 Å². The number of nitrogens with one attached hydrogen (secondary N) is 2. The zero-order valence-corrected chi connectivity index (χ0v) is 23.9. The Morgan fingerprint density at radius 1 is 1.15 bits per heavy atom. The number of hydrogen-bond donors (Lipinski definition) is 2. The molecule has 214 valence electrons. The van der Waals surface area contributed by atoms with E-state index in [0.717, 1.165) is 5.39 Å². The monoisotopic (exact) mass is 597 g/mol. The van der Waals surface area contributed by atoms with E-state index >= 15 is 0 Å². The predicted molar refractivity (Wildman–Crippen MR) is 157 cm³/mol. The minimum Gasteiger partial charge on any atom is -0.487 e. The molecular formula is C29H29ClFN5O4S. The highest BCUT2D eigenvalue weighted by atomic mass is 35.5. The van der Waals surface area contributed by atoms with E-state index in [-0.39, 0.29) is 23.9 Å². The van der Waals surface area contributed by atoms with Crippen LogP contribution in [0.4, 0.5) is 15.9 Å². The maximum atomic E-state index is 13.5. The molecule has 4 aromatic rings. The Bertz CT molecular complexity index is 1680. The number of pyridine rings is 1. The quantitative estimate of drug-likeness (QED) is 0.210. The Labute approximate surface area is 242 Å². The molecule has 2 aromatic heterocycles. The number of anilines is 2. The van der Waals surface area contributed by atoms with Crippen LogP contribution in [0.2, 0.25) is 5.02 Å². The highest BCUT2D eigenvalue weighted by molar-refractivity contribution is 7.91. The van der Waals surface area contributed by atoms with Gasteiger partial charge in [-0.15, -0.1) is 0 Å². The third-order valence-corrected chi connectivity index (χ3v) is 8.75. The smallest absolute Gasteiger partial charge is 0.166 e. The summed E-state index contributed by atoms with van der Waals surface area (Å²) >= 11 is 6.49. The van der Waals surface area contributed by atoms with Crippen molar-refractivity contribution in [1.29, 1.82) is 0 Å². The van der Waals surface area contributed by atoms with Gasteiger partial charge in [0, 0.05) is 36.3 Å². The van der Waals surface area contributed by atoms with Crippen molar-refractivity contribution in [2.45, 2.75) is 25.6 Å². The molecular weight excluding hydrogens is 569 g/mol. The summed E-state index contributed by atoms with van der Waals surface area (Å²) in [4.78, 5) is 13.4. The second-order valence-electron chi connectivity index (χ2n) is 9.60. The van der Waals surface area contributed by atoms with Gasteiger partial charge in [-0.05, 0) is 48.0 Å². The number of sulfone groups is 1. The van der Waals surface area contributed by atoms with Crippen LogP contribution in [0, 0.1) is 5.82 Å². The SMILES string of the molecule is CCS(=O)(=O)CCNCC1(c2cc3c(Nc4ccc(OCc5cccc(F)c5)c(Cl)c4)ncnc3cn2)CC=CO1. The fraction of sp³-hybridized carbons (Fsp3) is 0.276. The van der Waals surface area contributed by atoms with Crippen molar-refractivity contribution in [3.63, 3.8) is 0 Å². The standard InChI is InChI=1S/C29H29ClFN5O4S/c1-2-41(37,38)12-10-32-18-29(9-4-11-40-29)27-15-23-25(16-33-27)34-19-35-28(23)36-22-7-8-26(24(30)14-22)39-17-20-5-3-6-21(31)13-20/h3-8,11,13-16,19,32H,2,9-10,12,17-18H2,1H3,(H,34,35,36). The molecule has 0 fully saturated rings. The van der Waals surface area contributed by atoms with Crippen molar-refractivity contribution < 1.29 is 22.3 Å². The number of rotatable bonds is 12. The number of nitrogens with zero attached hydrogens (tertiary/aromatic N) is 3. The summed E-state index contributed by atoms with van der Waals surface area (Å²) < 4.78 is 49.0. The number of hydrogen-bond acceptors (Lipinski definition) is 9. The lowest BCUT2D eigenvalue weighted by Crippen LogP contribution is -2.40. The number of ether oxygens (including phenoxy) is 2. The second kappa shape index (κ2) is 12.4. The molecule has 3 heterocycles. The van der Waals surface area contributed by atoms with Gasteiger partial charge in [0.05, 0.1) is 34.4 Å². The average Bonchev–Trinajstić information content (AvgIpc) is 3.45. The zero-order chi connectivity index (χ0) is 28.9. The normalized spacial score (nSPS) is 16.6. The highest BCUT2D eigenvalue weighted by Crippen LogP contribution is 2.36. The van der Waals surface area contributed by atoms with Crippen LogP contribution in [-0.4, -0.2) is 48.0 Å². The number of halogens is 2. The first kappa shape index (κ1) is 28.7. The van der Waals surface area contributed by atoms with Gasteiger partial charge in [-0.1, -0.05) is 30.7 Å². The van der Waals surface area contributed by atoms with Crippen molar-refractivity contribution in [2.24, 2.45) is 0 Å². The van der Waals surface area contributed by atoms with Crippen molar-refractivity contribution in [1.82, 2.24) is 20.3 Å². The summed E-state index contributed by atoms with van der Waals surface area (Å²) in [5.74, 6) is 0.846. The maximum absolute atomic E-state index is 13.5. The van der Waals surface area contributed by atoms with Crippen molar-refractivity contribution in [3.05, 3.63) is 95.5 Å². The van der Waals surface area contributed by atoms with E-state index in [1.165, 1.54) is 18.5 Å². The Kier molecular flexibility index (Phi) is 8.67. The first-order chi connectivity index (χ1) is 19.8. The lowest BCUT2D eigenvalue weighted by atomic mass is 9.94. The van der Waals surface area contributed by atoms with E-state index in [9.17, 15) is 12.8 Å². The molecule has 1 aliphatic rings. The Morgan fingerprint density at radius 3 is 2.78 bits per heavy atom. The van der Waals surface area contributed by atoms with Gasteiger partial charge in [-0.3, -0.25) is 4.98 Å². The second-order valence-corrected chi connectivity index (χ2v) is 12.5. The van der Waals surface area contributed by atoms with Crippen LogP contribution in [0.3, 0.4) is 0 Å². The first-order valence-electron chi connectivity index (χ1n) is 13.1. The minimum absolute atomic E-state index is 0.0528. The summed E-state index contributed by atoms with van der Waals surface area (Å²) in [6, 6.07) is 13.3. The molecule has 0 aliphatic carbocycles. The van der Waals surface area contributed by atoms with E-state index in [2.05, 4.69) is 25.6 Å². The maximum Gasteiger partial charge on any atom is 0.166 e. The van der Waals surface area contributed by atoms with Crippen LogP contribution in [0.1, 0.15) is 24.6 Å². The molecule has 0 amide bonds. The molecule has 12 heteroatoms. The lowest BCUT2D eigenvalue weighted by Gasteiger charge is -2.29. The topological polar surface area (TPSA) is 115 Å². The number of benzene rings is 2. The molecule has 0 spiro atoms. The Hall–Kier alpha value is -3.80. The minimum atomic E-state index is -3.08. The van der Waals surface area contributed by atoms with E-state index < -0.39 is 15.4 Å². The van der Waals surface area contributed by atoms with E-state index in [4.69, 9.17) is 21.1 Å². The molecule has 0 saturated carbocycles. The van der Waals surface area contributed by atoms with Crippen molar-refractivity contribution >= 4 is 43.8 Å². The molecule has 0 saturated heterocycles. The fourth-order valence-corrected chi connectivity index (χ4v) is 5.40. The molecule has 1 unspecified atom stereocenters. The lowest BCUT2D eigenvalue weighted by molar-refractivity contribution is 0.0378. The van der Waals surface area contributed by atoms with Gasteiger partial charge in [0.2, 0.25) is 0 Å². The first-order valence-corrected chi connectivity index (χ1v) is 15.3. The van der Waals surface area contributed by atoms with Gasteiger partial charge >= 0.3 is 0 Å². The summed E-state index contributed by atoms with van der Waals surface area (Å²) in [6.45, 7) is 2.51. The van der Waals surface area contributed by atoms with Crippen LogP contribution in [0.25, 0.3) is 10.9 Å². The van der Waals surface area contributed by atoms with Gasteiger partial charge in [-0.25, -0.2) is 22.8 Å². The molecule has 2 aromatic carbocycles. The Balaban J connectivity index is 1.33. The molecule has 0 radical (unpaired) electrons. The Morgan fingerprint density at radius 2 is 2.02 bits per heavy atom. The molecule has 5 rings (SSSR count). The zero-order valence-electron chi connectivity index (χ0n) is 22.3. The number of aromatic nitrogens is 3. The van der Waals surface area contributed by atoms with E-state index in [1.54, 1.807) is 43.6 Å². The van der Waals surface area contributed by atoms with E-state index in [1.807, 2.05) is 18.2 Å². The fourth-order valence-electron chi connectivity index (χ4n) is 4.42. The molecule has 2 N–H and O–H groups in total. The third kappa shape index (κ3) is 6.92. The predicted octanol–water partition coefficient (Wildman–Crippen LogP) is 5.29. The van der Waals surface area contributed by atoms with Gasteiger partial charge < -0.3 is 20.1 Å². The third-order valence-electron chi connectivity index (χ3n) is 6.74. The van der Waals surface area contributed by atoms with Crippen molar-refractivity contribution in [3.8, 4) is 5.75 Å².